The number of anilines is 1. The van der Waals surface area contributed by atoms with Crippen molar-refractivity contribution in [3.63, 3.8) is 0 Å². The number of sulfonamides is 1. The average Bonchev–Trinajstić information content (AvgIpc) is 3.40. The summed E-state index contributed by atoms with van der Waals surface area (Å²) < 4.78 is 44.4. The monoisotopic (exact) mass is 472 g/mol. The van der Waals surface area contributed by atoms with Crippen LogP contribution in [0.5, 0.6) is 0 Å². The van der Waals surface area contributed by atoms with Crippen molar-refractivity contribution >= 4 is 38.1 Å². The molecule has 1 amide bonds. The Hall–Kier alpha value is -2.45. The van der Waals surface area contributed by atoms with E-state index in [9.17, 15) is 17.6 Å². The maximum absolute atomic E-state index is 13.2. The molecule has 2 aromatic rings. The van der Waals surface area contributed by atoms with Gasteiger partial charge in [-0.3, -0.25) is 10.1 Å². The second-order valence-electron chi connectivity index (χ2n) is 6.53. The second-order valence-corrected chi connectivity index (χ2v) is 9.55. The van der Waals surface area contributed by atoms with E-state index in [4.69, 9.17) is 14.7 Å². The van der Waals surface area contributed by atoms with Gasteiger partial charge >= 0.3 is 0 Å². The molecule has 10 nitrogen and oxygen atoms in total. The van der Waals surface area contributed by atoms with Crippen molar-refractivity contribution in [3.05, 3.63) is 41.2 Å². The predicted octanol–water partition coefficient (Wildman–Crippen LogP) is 1.04. The lowest BCUT2D eigenvalue weighted by molar-refractivity contribution is -0.110. The number of amides is 1. The molecule has 1 saturated heterocycles. The summed E-state index contributed by atoms with van der Waals surface area (Å²) in [6.45, 7) is 0.490. The number of likely N-dealkylation sites (N-methyl/N-ethyl adjacent to an activating group) is 1. The highest BCUT2D eigenvalue weighted by molar-refractivity contribution is 7.89. The third kappa shape index (κ3) is 5.83. The Morgan fingerprint density at radius 2 is 2.19 bits per heavy atom. The summed E-state index contributed by atoms with van der Waals surface area (Å²) in [4.78, 5) is 21.9. The van der Waals surface area contributed by atoms with Gasteiger partial charge in [-0.25, -0.2) is 13.4 Å². The Kier molecular flexibility index (Phi) is 7.67. The van der Waals surface area contributed by atoms with E-state index in [-0.39, 0.29) is 40.6 Å². The lowest BCUT2D eigenvalue weighted by Crippen LogP contribution is -2.29. The van der Waals surface area contributed by atoms with Gasteiger partial charge in [0, 0.05) is 25.6 Å². The maximum Gasteiger partial charge on any atom is 0.280 e. The first kappa shape index (κ1) is 23.2. The SMILES string of the molecule is CN(CCO)S(=O)(=O)c1ccc(/C(=N\O[C@@H]2CCOC2)C(=O)Nc2ncc(F)s2)cc1. The number of benzene rings is 1. The van der Waals surface area contributed by atoms with E-state index < -0.39 is 21.1 Å². The summed E-state index contributed by atoms with van der Waals surface area (Å²) in [5.74, 6) is -0.693. The predicted molar refractivity (Wildman–Crippen MR) is 111 cm³/mol. The number of thiazole rings is 1. The minimum Gasteiger partial charge on any atom is -0.395 e. The Bertz CT molecular complexity index is 1040. The van der Waals surface area contributed by atoms with Crippen molar-refractivity contribution in [2.45, 2.75) is 17.4 Å². The minimum absolute atomic E-state index is 0.0148. The van der Waals surface area contributed by atoms with Crippen LogP contribution in [-0.2, 0) is 24.4 Å². The number of aliphatic hydroxyl groups excluding tert-OH is 1. The molecule has 1 aromatic carbocycles. The molecule has 0 spiro atoms. The Morgan fingerprint density at radius 3 is 2.77 bits per heavy atom. The van der Waals surface area contributed by atoms with Gasteiger partial charge in [0.2, 0.25) is 10.0 Å². The fraction of sp³-hybridized carbons (Fsp3) is 0.389. The van der Waals surface area contributed by atoms with E-state index in [1.165, 1.54) is 31.3 Å². The first-order valence-electron chi connectivity index (χ1n) is 9.23. The zero-order valence-corrected chi connectivity index (χ0v) is 18.2. The fourth-order valence-electron chi connectivity index (χ4n) is 2.64. The first-order chi connectivity index (χ1) is 14.8. The number of carbonyl (C=O) groups is 1. The summed E-state index contributed by atoms with van der Waals surface area (Å²) in [5, 5.41) is 14.9. The highest BCUT2D eigenvalue weighted by Gasteiger charge is 2.23. The molecule has 1 atom stereocenters. The van der Waals surface area contributed by atoms with Gasteiger partial charge in [0.05, 0.1) is 30.9 Å². The number of ether oxygens (including phenoxy) is 1. The van der Waals surface area contributed by atoms with Crippen LogP contribution in [0.3, 0.4) is 0 Å². The summed E-state index contributed by atoms with van der Waals surface area (Å²) in [5.41, 5.74) is 0.160. The van der Waals surface area contributed by atoms with Crippen LogP contribution in [0.15, 0.2) is 40.5 Å². The van der Waals surface area contributed by atoms with Crippen molar-refractivity contribution in [2.75, 3.05) is 38.7 Å². The number of halogens is 1. The largest absolute Gasteiger partial charge is 0.395 e. The van der Waals surface area contributed by atoms with Crippen LogP contribution in [0.2, 0.25) is 0 Å². The number of rotatable bonds is 9. The fourth-order valence-corrected chi connectivity index (χ4v) is 4.34. The molecule has 168 valence electrons. The molecule has 2 heterocycles. The number of hydrogen-bond donors (Lipinski definition) is 2. The molecule has 3 rings (SSSR count). The molecular weight excluding hydrogens is 451 g/mol. The molecule has 0 unspecified atom stereocenters. The lowest BCUT2D eigenvalue weighted by atomic mass is 10.1. The van der Waals surface area contributed by atoms with E-state index in [1.54, 1.807) is 0 Å². The van der Waals surface area contributed by atoms with Crippen LogP contribution in [-0.4, -0.2) is 73.9 Å². The summed E-state index contributed by atoms with van der Waals surface area (Å²) >= 11 is 0.655. The topological polar surface area (TPSA) is 130 Å². The van der Waals surface area contributed by atoms with Crippen LogP contribution in [0, 0.1) is 5.13 Å². The number of carbonyl (C=O) groups excluding carboxylic acids is 1. The molecule has 1 aromatic heterocycles. The lowest BCUT2D eigenvalue weighted by Gasteiger charge is -2.16. The van der Waals surface area contributed by atoms with Gasteiger partial charge in [-0.2, -0.15) is 8.70 Å². The van der Waals surface area contributed by atoms with E-state index >= 15 is 0 Å². The molecule has 0 saturated carbocycles. The van der Waals surface area contributed by atoms with Gasteiger partial charge in [0.25, 0.3) is 5.91 Å². The van der Waals surface area contributed by atoms with Crippen LogP contribution in [0.25, 0.3) is 0 Å². The van der Waals surface area contributed by atoms with Crippen molar-refractivity contribution in [1.29, 1.82) is 0 Å². The van der Waals surface area contributed by atoms with Crippen LogP contribution >= 0.6 is 11.3 Å². The molecule has 1 aliphatic rings. The minimum atomic E-state index is -3.80. The smallest absolute Gasteiger partial charge is 0.280 e. The van der Waals surface area contributed by atoms with Crippen LogP contribution in [0.4, 0.5) is 9.52 Å². The van der Waals surface area contributed by atoms with Gasteiger partial charge in [-0.1, -0.05) is 28.6 Å². The number of aromatic nitrogens is 1. The van der Waals surface area contributed by atoms with Crippen LogP contribution < -0.4 is 5.32 Å². The van der Waals surface area contributed by atoms with Gasteiger partial charge in [0.1, 0.15) is 0 Å². The number of aliphatic hydroxyl groups is 1. The van der Waals surface area contributed by atoms with Gasteiger partial charge in [-0.05, 0) is 12.1 Å². The summed E-state index contributed by atoms with van der Waals surface area (Å²) in [6.07, 6.45) is 1.28. The normalized spacial score (nSPS) is 17.2. The maximum atomic E-state index is 13.2. The third-order valence-corrected chi connectivity index (χ3v) is 6.92. The standard InChI is InChI=1S/C18H21FN4O6S2/c1-23(7-8-24)31(26,27)14-4-2-12(3-5-14)16(22-29-13-6-9-28-11-13)17(25)21-18-20-10-15(19)30-18/h2-5,10,13,24H,6-9,11H2,1H3,(H,20,21,25)/b22-16+/t13-/m1/s1. The Balaban J connectivity index is 1.85. The quantitative estimate of drug-likeness (QED) is 0.412. The van der Waals surface area contributed by atoms with E-state index in [2.05, 4.69) is 15.5 Å². The third-order valence-electron chi connectivity index (χ3n) is 4.34. The first-order valence-corrected chi connectivity index (χ1v) is 11.5. The molecule has 0 radical (unpaired) electrons. The number of hydrogen-bond acceptors (Lipinski definition) is 9. The highest BCUT2D eigenvalue weighted by atomic mass is 32.2. The van der Waals surface area contributed by atoms with Crippen LogP contribution in [0.1, 0.15) is 12.0 Å². The van der Waals surface area contributed by atoms with Crippen molar-refractivity contribution in [2.24, 2.45) is 5.16 Å². The number of nitrogens with zero attached hydrogens (tertiary/aromatic N) is 3. The summed E-state index contributed by atoms with van der Waals surface area (Å²) in [7, 11) is -2.45. The molecule has 2 N–H and O–H groups in total. The van der Waals surface area contributed by atoms with E-state index in [0.717, 1.165) is 10.5 Å². The average molecular weight is 473 g/mol. The molecule has 31 heavy (non-hydrogen) atoms. The Labute approximate surface area is 182 Å². The van der Waals surface area contributed by atoms with Gasteiger partial charge in [0.15, 0.2) is 22.1 Å². The molecule has 0 bridgehead atoms. The number of nitrogens with one attached hydrogen (secondary N) is 1. The highest BCUT2D eigenvalue weighted by Crippen LogP contribution is 2.19. The zero-order valence-electron chi connectivity index (χ0n) is 16.5. The molecule has 1 fully saturated rings. The van der Waals surface area contributed by atoms with E-state index in [0.29, 0.717) is 31.0 Å². The molecular formula is C18H21FN4O6S2. The van der Waals surface area contributed by atoms with Gasteiger partial charge < -0.3 is 14.7 Å². The number of oxime groups is 1. The van der Waals surface area contributed by atoms with Gasteiger partial charge in [-0.15, -0.1) is 0 Å². The zero-order chi connectivity index (χ0) is 22.4. The van der Waals surface area contributed by atoms with Crippen molar-refractivity contribution < 1.29 is 32.3 Å². The van der Waals surface area contributed by atoms with Crippen molar-refractivity contribution in [3.8, 4) is 0 Å². The Morgan fingerprint density at radius 1 is 1.45 bits per heavy atom. The van der Waals surface area contributed by atoms with E-state index in [1.807, 2.05) is 0 Å². The molecule has 0 aliphatic carbocycles. The summed E-state index contributed by atoms with van der Waals surface area (Å²) in [6, 6.07) is 5.47. The second kappa shape index (κ2) is 10.2. The molecule has 1 aliphatic heterocycles. The van der Waals surface area contributed by atoms with Crippen molar-refractivity contribution in [1.82, 2.24) is 9.29 Å². The molecule has 13 heteroatoms.